The van der Waals surface area contributed by atoms with Crippen LogP contribution in [0, 0.1) is 6.92 Å². The second kappa shape index (κ2) is 8.22. The Labute approximate surface area is 159 Å². The maximum absolute atomic E-state index is 12.5. The fourth-order valence-electron chi connectivity index (χ4n) is 2.54. The fourth-order valence-corrected chi connectivity index (χ4v) is 3.46. The highest BCUT2D eigenvalue weighted by Gasteiger charge is 2.22. The number of carbonyl (C=O) groups excluding carboxylic acids is 2. The van der Waals surface area contributed by atoms with E-state index in [4.69, 9.17) is 0 Å². The van der Waals surface area contributed by atoms with Crippen molar-refractivity contribution in [1.29, 1.82) is 0 Å². The quantitative estimate of drug-likeness (QED) is 0.820. The van der Waals surface area contributed by atoms with Crippen molar-refractivity contribution >= 4 is 33.2 Å². The second-order valence-electron chi connectivity index (χ2n) is 6.38. The summed E-state index contributed by atoms with van der Waals surface area (Å²) in [4.78, 5) is 25.9. The van der Waals surface area contributed by atoms with E-state index in [1.807, 2.05) is 0 Å². The number of aryl methyl sites for hydroxylation is 1. The molecule has 0 saturated carbocycles. The van der Waals surface area contributed by atoms with Crippen molar-refractivity contribution in [2.24, 2.45) is 0 Å². The minimum atomic E-state index is -3.65. The van der Waals surface area contributed by atoms with Gasteiger partial charge in [0.05, 0.1) is 11.9 Å². The lowest BCUT2D eigenvalue weighted by Gasteiger charge is -2.23. The Morgan fingerprint density at radius 3 is 2.30 bits per heavy atom. The van der Waals surface area contributed by atoms with Gasteiger partial charge in [-0.15, -0.1) is 0 Å². The fraction of sp³-hybridized carbons (Fsp3) is 0.263. The van der Waals surface area contributed by atoms with Crippen LogP contribution in [0.1, 0.15) is 15.9 Å². The lowest BCUT2D eigenvalue weighted by Crippen LogP contribution is -2.37. The number of nitrogens with one attached hydrogen (secondary N) is 1. The third-order valence-corrected chi connectivity index (χ3v) is 5.00. The maximum atomic E-state index is 12.5. The summed E-state index contributed by atoms with van der Waals surface area (Å²) >= 11 is 0. The second-order valence-corrected chi connectivity index (χ2v) is 8.29. The highest BCUT2D eigenvalue weighted by Crippen LogP contribution is 2.22. The number of anilines is 2. The highest BCUT2D eigenvalue weighted by molar-refractivity contribution is 7.92. The number of hydrogen-bond acceptors (Lipinski definition) is 4. The molecule has 0 heterocycles. The van der Waals surface area contributed by atoms with Crippen LogP contribution in [-0.2, 0) is 14.8 Å². The first-order chi connectivity index (χ1) is 12.6. The van der Waals surface area contributed by atoms with Crippen molar-refractivity contribution < 1.29 is 18.0 Å². The smallest absolute Gasteiger partial charge is 0.253 e. The zero-order valence-electron chi connectivity index (χ0n) is 15.8. The lowest BCUT2D eigenvalue weighted by molar-refractivity contribution is -0.114. The molecule has 27 heavy (non-hydrogen) atoms. The van der Waals surface area contributed by atoms with Crippen molar-refractivity contribution in [3.05, 3.63) is 59.7 Å². The molecule has 0 aliphatic rings. The van der Waals surface area contributed by atoms with Gasteiger partial charge in [-0.1, -0.05) is 24.3 Å². The number of hydrogen-bond donors (Lipinski definition) is 1. The maximum Gasteiger partial charge on any atom is 0.253 e. The summed E-state index contributed by atoms with van der Waals surface area (Å²) in [5.41, 5.74) is 2.04. The van der Waals surface area contributed by atoms with Gasteiger partial charge in [0.2, 0.25) is 15.9 Å². The number of benzene rings is 2. The Kier molecular flexibility index (Phi) is 6.22. The zero-order chi connectivity index (χ0) is 20.2. The van der Waals surface area contributed by atoms with Crippen LogP contribution < -0.4 is 9.62 Å². The molecule has 144 valence electrons. The number of sulfonamides is 1. The van der Waals surface area contributed by atoms with E-state index >= 15 is 0 Å². The molecule has 1 N–H and O–H groups in total. The van der Waals surface area contributed by atoms with E-state index in [0.717, 1.165) is 16.1 Å². The summed E-state index contributed by atoms with van der Waals surface area (Å²) in [6.45, 7) is 1.41. The Morgan fingerprint density at radius 1 is 1.04 bits per heavy atom. The van der Waals surface area contributed by atoms with Crippen LogP contribution >= 0.6 is 0 Å². The van der Waals surface area contributed by atoms with E-state index < -0.39 is 15.9 Å². The number of amides is 2. The van der Waals surface area contributed by atoms with Gasteiger partial charge in [0.15, 0.2) is 0 Å². The summed E-state index contributed by atoms with van der Waals surface area (Å²) in [6, 6.07) is 13.4. The van der Waals surface area contributed by atoms with E-state index in [9.17, 15) is 18.0 Å². The van der Waals surface area contributed by atoms with Crippen LogP contribution in [0.2, 0.25) is 0 Å². The van der Waals surface area contributed by atoms with E-state index in [-0.39, 0.29) is 12.5 Å². The number of carbonyl (C=O) groups is 2. The number of rotatable bonds is 6. The van der Waals surface area contributed by atoms with Crippen molar-refractivity contribution in [2.75, 3.05) is 36.5 Å². The molecule has 0 fully saturated rings. The summed E-state index contributed by atoms with van der Waals surface area (Å²) in [5.74, 6) is -0.693. The third-order valence-electron chi connectivity index (χ3n) is 3.87. The predicted molar refractivity (Wildman–Crippen MR) is 106 cm³/mol. The predicted octanol–water partition coefficient (Wildman–Crippen LogP) is 2.10. The van der Waals surface area contributed by atoms with Gasteiger partial charge < -0.3 is 10.2 Å². The molecule has 8 heteroatoms. The Morgan fingerprint density at radius 2 is 1.70 bits per heavy atom. The summed E-state index contributed by atoms with van der Waals surface area (Å²) < 4.78 is 25.4. The van der Waals surface area contributed by atoms with Crippen LogP contribution in [-0.4, -0.2) is 52.0 Å². The van der Waals surface area contributed by atoms with Crippen LogP contribution in [0.5, 0.6) is 0 Å². The first-order valence-corrected chi connectivity index (χ1v) is 10.1. The van der Waals surface area contributed by atoms with Crippen molar-refractivity contribution in [2.45, 2.75) is 6.92 Å². The van der Waals surface area contributed by atoms with Crippen LogP contribution in [0.4, 0.5) is 11.4 Å². The summed E-state index contributed by atoms with van der Waals surface area (Å²) in [5, 5.41) is 2.65. The molecule has 0 aromatic heterocycles. The SMILES string of the molecule is Cc1ccccc1N(CC(=O)Nc1cccc(C(=O)N(C)C)c1)S(C)(=O)=O. The molecular formula is C19H23N3O4S. The molecule has 0 aliphatic heterocycles. The topological polar surface area (TPSA) is 86.8 Å². The molecule has 0 unspecified atom stereocenters. The van der Waals surface area contributed by atoms with Crippen molar-refractivity contribution in [3.63, 3.8) is 0 Å². The van der Waals surface area contributed by atoms with Gasteiger partial charge in [-0.2, -0.15) is 0 Å². The summed E-state index contributed by atoms with van der Waals surface area (Å²) in [7, 11) is -0.372. The van der Waals surface area contributed by atoms with Gasteiger partial charge in [0, 0.05) is 25.3 Å². The molecular weight excluding hydrogens is 366 g/mol. The monoisotopic (exact) mass is 389 g/mol. The van der Waals surface area contributed by atoms with Crippen LogP contribution in [0.15, 0.2) is 48.5 Å². The van der Waals surface area contributed by atoms with Gasteiger partial charge in [0.25, 0.3) is 5.91 Å². The van der Waals surface area contributed by atoms with Crippen molar-refractivity contribution in [1.82, 2.24) is 4.90 Å². The average Bonchev–Trinajstić information content (AvgIpc) is 2.59. The Bertz CT molecular complexity index is 955. The first kappa shape index (κ1) is 20.4. The Hall–Kier alpha value is -2.87. The first-order valence-electron chi connectivity index (χ1n) is 8.24. The normalized spacial score (nSPS) is 11.0. The largest absolute Gasteiger partial charge is 0.345 e. The van der Waals surface area contributed by atoms with E-state index in [2.05, 4.69) is 5.32 Å². The molecule has 0 atom stereocenters. The molecule has 0 bridgehead atoms. The number of para-hydroxylation sites is 1. The molecule has 7 nitrogen and oxygen atoms in total. The minimum Gasteiger partial charge on any atom is -0.345 e. The van der Waals surface area contributed by atoms with Gasteiger partial charge >= 0.3 is 0 Å². The van der Waals surface area contributed by atoms with E-state index in [1.54, 1.807) is 69.6 Å². The van der Waals surface area contributed by atoms with E-state index in [1.165, 1.54) is 4.90 Å². The molecule has 0 radical (unpaired) electrons. The van der Waals surface area contributed by atoms with Crippen LogP contribution in [0.3, 0.4) is 0 Å². The van der Waals surface area contributed by atoms with Gasteiger partial charge in [0.1, 0.15) is 6.54 Å². The number of nitrogens with zero attached hydrogens (tertiary/aromatic N) is 2. The zero-order valence-corrected chi connectivity index (χ0v) is 16.6. The molecule has 0 saturated heterocycles. The van der Waals surface area contributed by atoms with E-state index in [0.29, 0.717) is 16.9 Å². The van der Waals surface area contributed by atoms with Crippen molar-refractivity contribution in [3.8, 4) is 0 Å². The molecule has 0 spiro atoms. The Balaban J connectivity index is 2.21. The van der Waals surface area contributed by atoms with Crippen LogP contribution in [0.25, 0.3) is 0 Å². The lowest BCUT2D eigenvalue weighted by atomic mass is 10.2. The highest BCUT2D eigenvalue weighted by atomic mass is 32.2. The summed E-state index contributed by atoms with van der Waals surface area (Å²) in [6.07, 6.45) is 1.06. The average molecular weight is 389 g/mol. The van der Waals surface area contributed by atoms with Gasteiger partial charge in [-0.3, -0.25) is 13.9 Å². The molecule has 2 amide bonds. The standard InChI is InChI=1S/C19H23N3O4S/c1-14-8-5-6-11-17(14)22(27(4,25)26)13-18(23)20-16-10-7-9-15(12-16)19(24)21(2)3/h5-12H,13H2,1-4H3,(H,20,23). The third kappa shape index (κ3) is 5.30. The molecule has 2 aromatic rings. The molecule has 2 aromatic carbocycles. The minimum absolute atomic E-state index is 0.191. The molecule has 2 rings (SSSR count). The van der Waals surface area contributed by atoms with Gasteiger partial charge in [-0.25, -0.2) is 8.42 Å². The van der Waals surface area contributed by atoms with Gasteiger partial charge in [-0.05, 0) is 36.8 Å². The molecule has 0 aliphatic carbocycles.